The predicted molar refractivity (Wildman–Crippen MR) is 111 cm³/mol. The van der Waals surface area contributed by atoms with Crippen LogP contribution in [0, 0.1) is 0 Å². The van der Waals surface area contributed by atoms with Gasteiger partial charge in [-0.15, -0.1) is 0 Å². The molecule has 3 rings (SSSR count). The van der Waals surface area contributed by atoms with E-state index in [0.717, 1.165) is 11.3 Å². The summed E-state index contributed by atoms with van der Waals surface area (Å²) in [6, 6.07) is 20.5. The van der Waals surface area contributed by atoms with Gasteiger partial charge in [-0.1, -0.05) is 18.2 Å². The van der Waals surface area contributed by atoms with Gasteiger partial charge in [0.05, 0.1) is 19.8 Å². The van der Waals surface area contributed by atoms with Gasteiger partial charge in [-0.3, -0.25) is 4.79 Å². The second-order valence-corrected chi connectivity index (χ2v) is 6.11. The minimum atomic E-state index is -0.480. The minimum absolute atomic E-state index is 0.145. The number of rotatable bonds is 7. The molecule has 0 saturated carbocycles. The summed E-state index contributed by atoms with van der Waals surface area (Å²) in [4.78, 5) is 24.5. The lowest BCUT2D eigenvalue weighted by Crippen LogP contribution is -2.08. The number of hydrogen-bond acceptors (Lipinski definition) is 5. The quantitative estimate of drug-likeness (QED) is 0.251. The van der Waals surface area contributed by atoms with E-state index in [0.29, 0.717) is 22.6 Å². The van der Waals surface area contributed by atoms with Crippen molar-refractivity contribution in [2.45, 2.75) is 0 Å². The Labute approximate surface area is 169 Å². The standard InChI is InChI=1S/C24H20O5/c1-27-20-10-3-17(4-11-20)5-16-23(25)18-6-14-22(15-7-18)29-24(26)19-8-12-21(28-2)13-9-19/h3-16H,1-2H3/b16-5+. The van der Waals surface area contributed by atoms with Gasteiger partial charge in [0.1, 0.15) is 17.2 Å². The smallest absolute Gasteiger partial charge is 0.343 e. The van der Waals surface area contributed by atoms with Crippen molar-refractivity contribution in [3.63, 3.8) is 0 Å². The molecule has 0 N–H and O–H groups in total. The molecule has 0 aliphatic heterocycles. The number of allylic oxidation sites excluding steroid dienone is 1. The number of carbonyl (C=O) groups is 2. The van der Waals surface area contributed by atoms with Crippen molar-refractivity contribution in [2.75, 3.05) is 14.2 Å². The Bertz CT molecular complexity index is 1000. The molecule has 0 aliphatic carbocycles. The molecule has 0 heterocycles. The molecule has 146 valence electrons. The lowest BCUT2D eigenvalue weighted by molar-refractivity contribution is 0.0734. The molecule has 0 spiro atoms. The first-order chi connectivity index (χ1) is 14.1. The minimum Gasteiger partial charge on any atom is -0.497 e. The van der Waals surface area contributed by atoms with Gasteiger partial charge in [0.25, 0.3) is 0 Å². The molecule has 0 atom stereocenters. The normalized spacial score (nSPS) is 10.6. The Hall–Kier alpha value is -3.86. The zero-order valence-electron chi connectivity index (χ0n) is 16.1. The molecule has 29 heavy (non-hydrogen) atoms. The third kappa shape index (κ3) is 5.32. The number of ketones is 1. The van der Waals surface area contributed by atoms with Gasteiger partial charge in [0, 0.05) is 5.56 Å². The summed E-state index contributed by atoms with van der Waals surface area (Å²) in [6.45, 7) is 0. The zero-order chi connectivity index (χ0) is 20.6. The lowest BCUT2D eigenvalue weighted by atomic mass is 10.1. The third-order valence-electron chi connectivity index (χ3n) is 4.22. The highest BCUT2D eigenvalue weighted by atomic mass is 16.5. The molecule has 0 bridgehead atoms. The van der Waals surface area contributed by atoms with Crippen LogP contribution in [-0.2, 0) is 0 Å². The van der Waals surface area contributed by atoms with Crippen LogP contribution in [0.3, 0.4) is 0 Å². The summed E-state index contributed by atoms with van der Waals surface area (Å²) < 4.78 is 15.5. The molecule has 5 nitrogen and oxygen atoms in total. The predicted octanol–water partition coefficient (Wildman–Crippen LogP) is 4.82. The van der Waals surface area contributed by atoms with Crippen LogP contribution in [0.5, 0.6) is 17.2 Å². The van der Waals surface area contributed by atoms with Crippen molar-refractivity contribution in [2.24, 2.45) is 0 Å². The summed E-state index contributed by atoms with van der Waals surface area (Å²) in [5.74, 6) is 1.15. The second kappa shape index (κ2) is 9.37. The monoisotopic (exact) mass is 388 g/mol. The van der Waals surface area contributed by atoms with Crippen LogP contribution in [0.25, 0.3) is 6.08 Å². The fourth-order valence-corrected chi connectivity index (χ4v) is 2.56. The Morgan fingerprint density at radius 2 is 1.14 bits per heavy atom. The van der Waals surface area contributed by atoms with Gasteiger partial charge in [-0.2, -0.15) is 0 Å². The van der Waals surface area contributed by atoms with Gasteiger partial charge in [-0.05, 0) is 72.3 Å². The fraction of sp³-hybridized carbons (Fsp3) is 0.0833. The Balaban J connectivity index is 1.61. The van der Waals surface area contributed by atoms with Crippen LogP contribution >= 0.6 is 0 Å². The number of ether oxygens (including phenoxy) is 3. The van der Waals surface area contributed by atoms with Gasteiger partial charge < -0.3 is 14.2 Å². The van der Waals surface area contributed by atoms with Crippen LogP contribution in [0.4, 0.5) is 0 Å². The first-order valence-corrected chi connectivity index (χ1v) is 8.92. The van der Waals surface area contributed by atoms with E-state index in [1.165, 1.54) is 6.08 Å². The molecule has 0 aliphatic rings. The summed E-state index contributed by atoms with van der Waals surface area (Å²) in [7, 11) is 3.16. The topological polar surface area (TPSA) is 61.8 Å². The number of esters is 1. The molecule has 5 heteroatoms. The summed E-state index contributed by atoms with van der Waals surface area (Å²) >= 11 is 0. The molecule has 0 radical (unpaired) electrons. The highest BCUT2D eigenvalue weighted by Gasteiger charge is 2.09. The molecule has 0 aromatic heterocycles. The molecule has 0 unspecified atom stereocenters. The van der Waals surface area contributed by atoms with Gasteiger partial charge in [0.15, 0.2) is 5.78 Å². The Kier molecular flexibility index (Phi) is 6.43. The van der Waals surface area contributed by atoms with Crippen LogP contribution < -0.4 is 14.2 Å². The average molecular weight is 388 g/mol. The van der Waals surface area contributed by atoms with Crippen LogP contribution in [0.1, 0.15) is 26.3 Å². The van der Waals surface area contributed by atoms with E-state index >= 15 is 0 Å². The summed E-state index contributed by atoms with van der Waals surface area (Å²) in [5.41, 5.74) is 1.80. The average Bonchev–Trinajstić information content (AvgIpc) is 2.78. The van der Waals surface area contributed by atoms with Crippen LogP contribution in [0.2, 0.25) is 0 Å². The number of methoxy groups -OCH3 is 2. The van der Waals surface area contributed by atoms with E-state index in [2.05, 4.69) is 0 Å². The Morgan fingerprint density at radius 1 is 0.655 bits per heavy atom. The van der Waals surface area contributed by atoms with E-state index in [-0.39, 0.29) is 5.78 Å². The van der Waals surface area contributed by atoms with Gasteiger partial charge in [0.2, 0.25) is 0 Å². The molecule has 0 amide bonds. The van der Waals surface area contributed by atoms with E-state index in [1.54, 1.807) is 68.8 Å². The molecule has 0 fully saturated rings. The van der Waals surface area contributed by atoms with Crippen LogP contribution in [0.15, 0.2) is 78.9 Å². The SMILES string of the molecule is COc1ccc(/C=C/C(=O)c2ccc(OC(=O)c3ccc(OC)cc3)cc2)cc1. The fourth-order valence-electron chi connectivity index (χ4n) is 2.56. The molecule has 3 aromatic rings. The van der Waals surface area contributed by atoms with Crippen molar-refractivity contribution in [3.05, 3.63) is 95.6 Å². The maximum atomic E-state index is 12.3. The van der Waals surface area contributed by atoms with Crippen molar-refractivity contribution < 1.29 is 23.8 Å². The Morgan fingerprint density at radius 3 is 1.69 bits per heavy atom. The highest BCUT2D eigenvalue weighted by molar-refractivity contribution is 6.06. The molecule has 0 saturated heterocycles. The number of carbonyl (C=O) groups excluding carboxylic acids is 2. The van der Waals surface area contributed by atoms with Gasteiger partial charge >= 0.3 is 5.97 Å². The van der Waals surface area contributed by atoms with E-state index in [9.17, 15) is 9.59 Å². The largest absolute Gasteiger partial charge is 0.497 e. The zero-order valence-corrected chi connectivity index (χ0v) is 16.1. The molecular formula is C24H20O5. The third-order valence-corrected chi connectivity index (χ3v) is 4.22. The van der Waals surface area contributed by atoms with Crippen molar-refractivity contribution in [1.29, 1.82) is 0 Å². The summed E-state index contributed by atoms with van der Waals surface area (Å²) in [5, 5.41) is 0. The lowest BCUT2D eigenvalue weighted by Gasteiger charge is -2.06. The van der Waals surface area contributed by atoms with E-state index in [4.69, 9.17) is 14.2 Å². The van der Waals surface area contributed by atoms with Gasteiger partial charge in [-0.25, -0.2) is 4.79 Å². The van der Waals surface area contributed by atoms with Crippen LogP contribution in [-0.4, -0.2) is 26.0 Å². The van der Waals surface area contributed by atoms with Crippen molar-refractivity contribution in [1.82, 2.24) is 0 Å². The molecular weight excluding hydrogens is 368 g/mol. The first-order valence-electron chi connectivity index (χ1n) is 8.92. The van der Waals surface area contributed by atoms with E-state index in [1.807, 2.05) is 24.3 Å². The molecule has 3 aromatic carbocycles. The first kappa shape index (κ1) is 19.9. The van der Waals surface area contributed by atoms with Crippen molar-refractivity contribution >= 4 is 17.8 Å². The maximum absolute atomic E-state index is 12.3. The summed E-state index contributed by atoms with van der Waals surface area (Å²) in [6.07, 6.45) is 3.24. The number of hydrogen-bond donors (Lipinski definition) is 0. The second-order valence-electron chi connectivity index (χ2n) is 6.11. The van der Waals surface area contributed by atoms with Crippen molar-refractivity contribution in [3.8, 4) is 17.2 Å². The maximum Gasteiger partial charge on any atom is 0.343 e. The number of benzene rings is 3. The van der Waals surface area contributed by atoms with E-state index < -0.39 is 5.97 Å². The highest BCUT2D eigenvalue weighted by Crippen LogP contribution is 2.18.